The molecule has 2 aliphatic rings. The summed E-state index contributed by atoms with van der Waals surface area (Å²) < 4.78 is 0. The summed E-state index contributed by atoms with van der Waals surface area (Å²) in [7, 11) is 0. The van der Waals surface area contributed by atoms with Gasteiger partial charge in [-0.3, -0.25) is 9.69 Å². The molecule has 2 aromatic heterocycles. The maximum atomic E-state index is 12.7. The molecule has 0 aromatic carbocycles. The van der Waals surface area contributed by atoms with Crippen molar-refractivity contribution < 1.29 is 0 Å². The highest BCUT2D eigenvalue weighted by atomic mass is 35.5. The molecule has 138 valence electrons. The molecule has 0 saturated heterocycles. The van der Waals surface area contributed by atoms with Crippen molar-refractivity contribution in [1.29, 1.82) is 0 Å². The minimum atomic E-state index is 0.00981. The fourth-order valence-corrected chi connectivity index (χ4v) is 4.36. The lowest BCUT2D eigenvalue weighted by atomic mass is 9.88. The molecule has 26 heavy (non-hydrogen) atoms. The van der Waals surface area contributed by atoms with Crippen LogP contribution in [0, 0.1) is 0 Å². The molecule has 1 N–H and O–H groups in total. The van der Waals surface area contributed by atoms with Gasteiger partial charge in [-0.2, -0.15) is 0 Å². The molecular formula is C19H22Cl2N4O. The minimum Gasteiger partial charge on any atom is -0.310 e. The summed E-state index contributed by atoms with van der Waals surface area (Å²) in [6.45, 7) is 2.04. The number of halogens is 2. The first kappa shape index (κ1) is 18.0. The summed E-state index contributed by atoms with van der Waals surface area (Å²) in [6, 6.07) is 1.83. The number of fused-ring (bicyclic) bond motifs is 1. The third-order valence-electron chi connectivity index (χ3n) is 5.43. The lowest BCUT2D eigenvalue weighted by Crippen LogP contribution is -2.36. The minimum absolute atomic E-state index is 0.00981. The van der Waals surface area contributed by atoms with Crippen molar-refractivity contribution in [3.63, 3.8) is 0 Å². The quantitative estimate of drug-likeness (QED) is 0.799. The van der Waals surface area contributed by atoms with E-state index in [0.717, 1.165) is 48.5 Å². The number of aromatic nitrogens is 3. The molecule has 7 heteroatoms. The van der Waals surface area contributed by atoms with Gasteiger partial charge in [-0.25, -0.2) is 9.97 Å². The monoisotopic (exact) mass is 392 g/mol. The van der Waals surface area contributed by atoms with E-state index in [-0.39, 0.29) is 5.56 Å². The third-order valence-corrected chi connectivity index (χ3v) is 5.98. The van der Waals surface area contributed by atoms with Crippen LogP contribution in [-0.2, 0) is 19.5 Å². The van der Waals surface area contributed by atoms with E-state index in [1.807, 2.05) is 6.07 Å². The van der Waals surface area contributed by atoms with Crippen LogP contribution in [0.4, 0.5) is 0 Å². The number of hydrogen-bond donors (Lipinski definition) is 1. The predicted molar refractivity (Wildman–Crippen MR) is 103 cm³/mol. The molecule has 0 amide bonds. The second kappa shape index (κ2) is 7.67. The average molecular weight is 393 g/mol. The molecule has 0 atom stereocenters. The predicted octanol–water partition coefficient (Wildman–Crippen LogP) is 4.08. The number of nitrogens with zero attached hydrogens (tertiary/aromatic N) is 3. The highest BCUT2D eigenvalue weighted by molar-refractivity contribution is 6.32. The smallest absolute Gasteiger partial charge is 0.255 e. The maximum absolute atomic E-state index is 12.7. The summed E-state index contributed by atoms with van der Waals surface area (Å²) in [5.74, 6) is 1.31. The van der Waals surface area contributed by atoms with Crippen LogP contribution in [0.25, 0.3) is 0 Å². The first-order chi connectivity index (χ1) is 12.6. The van der Waals surface area contributed by atoms with Gasteiger partial charge < -0.3 is 4.98 Å². The van der Waals surface area contributed by atoms with E-state index in [0.29, 0.717) is 29.2 Å². The first-order valence-electron chi connectivity index (χ1n) is 9.24. The summed E-state index contributed by atoms with van der Waals surface area (Å²) in [5, 5.41) is 1.03. The van der Waals surface area contributed by atoms with Crippen LogP contribution in [0.2, 0.25) is 10.2 Å². The molecule has 1 aliphatic heterocycles. The Hall–Kier alpha value is -1.43. The third kappa shape index (κ3) is 3.80. The average Bonchev–Trinajstić information content (AvgIpc) is 2.66. The summed E-state index contributed by atoms with van der Waals surface area (Å²) >= 11 is 12.2. The van der Waals surface area contributed by atoms with Crippen molar-refractivity contribution in [2.75, 3.05) is 6.54 Å². The number of aromatic amines is 1. The van der Waals surface area contributed by atoms with Crippen LogP contribution in [0.15, 0.2) is 17.1 Å². The van der Waals surface area contributed by atoms with Crippen molar-refractivity contribution in [3.8, 4) is 0 Å². The van der Waals surface area contributed by atoms with Crippen LogP contribution in [-0.4, -0.2) is 26.4 Å². The molecular weight excluding hydrogens is 371 g/mol. The van der Waals surface area contributed by atoms with E-state index in [1.54, 1.807) is 6.20 Å². The SMILES string of the molecule is O=c1[nH]c(C2CCCCC2)nc2c1CN(Cc1cc(Cl)cnc1Cl)CC2. The normalized spacial score (nSPS) is 18.7. The molecule has 0 unspecified atom stereocenters. The summed E-state index contributed by atoms with van der Waals surface area (Å²) in [6.07, 6.45) is 8.34. The number of rotatable bonds is 3. The van der Waals surface area contributed by atoms with Crippen LogP contribution in [0.1, 0.15) is 60.7 Å². The lowest BCUT2D eigenvalue weighted by Gasteiger charge is -2.29. The molecule has 5 nitrogen and oxygen atoms in total. The van der Waals surface area contributed by atoms with Crippen molar-refractivity contribution in [1.82, 2.24) is 19.9 Å². The van der Waals surface area contributed by atoms with E-state index in [1.165, 1.54) is 19.3 Å². The van der Waals surface area contributed by atoms with Gasteiger partial charge in [0.05, 0.1) is 16.3 Å². The molecule has 4 rings (SSSR count). The van der Waals surface area contributed by atoms with Crippen LogP contribution < -0.4 is 5.56 Å². The van der Waals surface area contributed by atoms with E-state index in [2.05, 4.69) is 14.9 Å². The number of hydrogen-bond acceptors (Lipinski definition) is 4. The van der Waals surface area contributed by atoms with Gasteiger partial charge in [0.1, 0.15) is 11.0 Å². The second-order valence-electron chi connectivity index (χ2n) is 7.28. The molecule has 1 aliphatic carbocycles. The maximum Gasteiger partial charge on any atom is 0.255 e. The van der Waals surface area contributed by atoms with E-state index in [4.69, 9.17) is 28.2 Å². The molecule has 1 saturated carbocycles. The Kier molecular flexibility index (Phi) is 5.30. The van der Waals surface area contributed by atoms with E-state index in [9.17, 15) is 4.79 Å². The van der Waals surface area contributed by atoms with Gasteiger partial charge in [0, 0.05) is 43.7 Å². The summed E-state index contributed by atoms with van der Waals surface area (Å²) in [4.78, 5) is 26.8. The summed E-state index contributed by atoms with van der Waals surface area (Å²) in [5.41, 5.74) is 2.63. The molecule has 2 aromatic rings. The van der Waals surface area contributed by atoms with Crippen LogP contribution in [0.5, 0.6) is 0 Å². The topological polar surface area (TPSA) is 61.9 Å². The Morgan fingerprint density at radius 2 is 2.04 bits per heavy atom. The highest BCUT2D eigenvalue weighted by Gasteiger charge is 2.25. The zero-order valence-corrected chi connectivity index (χ0v) is 16.1. The van der Waals surface area contributed by atoms with Crippen LogP contribution in [0.3, 0.4) is 0 Å². The number of nitrogens with one attached hydrogen (secondary N) is 1. The van der Waals surface area contributed by atoms with E-state index >= 15 is 0 Å². The molecule has 0 radical (unpaired) electrons. The standard InChI is InChI=1S/C19H22Cl2N4O/c20-14-8-13(17(21)22-9-14)10-25-7-6-16-15(11-25)19(26)24-18(23-16)12-4-2-1-3-5-12/h8-9,12H,1-7,10-11H2,(H,23,24,26). The van der Waals surface area contributed by atoms with Crippen molar-refractivity contribution in [2.24, 2.45) is 0 Å². The second-order valence-corrected chi connectivity index (χ2v) is 8.07. The van der Waals surface area contributed by atoms with Gasteiger partial charge in [-0.05, 0) is 18.9 Å². The molecule has 3 heterocycles. The fraction of sp³-hybridized carbons (Fsp3) is 0.526. The van der Waals surface area contributed by atoms with Crippen LogP contribution >= 0.6 is 23.2 Å². The van der Waals surface area contributed by atoms with Gasteiger partial charge in [0.2, 0.25) is 0 Å². The van der Waals surface area contributed by atoms with Gasteiger partial charge in [0.15, 0.2) is 0 Å². The lowest BCUT2D eigenvalue weighted by molar-refractivity contribution is 0.241. The number of H-pyrrole nitrogens is 1. The van der Waals surface area contributed by atoms with Crippen molar-refractivity contribution in [3.05, 3.63) is 55.4 Å². The Labute approximate surface area is 162 Å². The highest BCUT2D eigenvalue weighted by Crippen LogP contribution is 2.31. The van der Waals surface area contributed by atoms with Gasteiger partial charge >= 0.3 is 0 Å². The molecule has 0 bridgehead atoms. The zero-order chi connectivity index (χ0) is 18.1. The Balaban J connectivity index is 1.53. The van der Waals surface area contributed by atoms with E-state index < -0.39 is 0 Å². The molecule has 1 fully saturated rings. The van der Waals surface area contributed by atoms with Gasteiger partial charge in [-0.1, -0.05) is 42.5 Å². The Morgan fingerprint density at radius 1 is 1.23 bits per heavy atom. The molecule has 0 spiro atoms. The zero-order valence-electron chi connectivity index (χ0n) is 14.6. The largest absolute Gasteiger partial charge is 0.310 e. The van der Waals surface area contributed by atoms with Gasteiger partial charge in [0.25, 0.3) is 5.56 Å². The van der Waals surface area contributed by atoms with Gasteiger partial charge in [-0.15, -0.1) is 0 Å². The fourth-order valence-electron chi connectivity index (χ4n) is 4.02. The van der Waals surface area contributed by atoms with Crippen molar-refractivity contribution in [2.45, 2.75) is 57.5 Å². The van der Waals surface area contributed by atoms with Crippen molar-refractivity contribution >= 4 is 23.2 Å². The first-order valence-corrected chi connectivity index (χ1v) is 10.00. The Morgan fingerprint density at radius 3 is 2.85 bits per heavy atom. The number of pyridine rings is 1. The Bertz CT molecular complexity index is 861.